The fourth-order valence-corrected chi connectivity index (χ4v) is 2.59. The van der Waals surface area contributed by atoms with Gasteiger partial charge in [0.15, 0.2) is 0 Å². The van der Waals surface area contributed by atoms with E-state index in [1.165, 1.54) is 0 Å². The van der Waals surface area contributed by atoms with E-state index < -0.39 is 6.10 Å². The molecule has 1 atom stereocenters. The van der Waals surface area contributed by atoms with Gasteiger partial charge in [0, 0.05) is 16.7 Å². The van der Waals surface area contributed by atoms with Crippen LogP contribution in [0.4, 0.5) is 0 Å². The van der Waals surface area contributed by atoms with Crippen LogP contribution >= 0.6 is 11.8 Å². The summed E-state index contributed by atoms with van der Waals surface area (Å²) in [6.45, 7) is 2.71. The van der Waals surface area contributed by atoms with E-state index in [-0.39, 0.29) is 0 Å². The third kappa shape index (κ3) is 3.52. The second-order valence-corrected chi connectivity index (χ2v) is 5.29. The summed E-state index contributed by atoms with van der Waals surface area (Å²) in [7, 11) is 0. The lowest BCUT2D eigenvalue weighted by molar-refractivity contribution is 0.216. The van der Waals surface area contributed by atoms with Crippen molar-refractivity contribution in [3.8, 4) is 5.75 Å². The molecule has 1 aromatic heterocycles. The van der Waals surface area contributed by atoms with Gasteiger partial charge in [0.25, 0.3) is 0 Å². The second-order valence-electron chi connectivity index (χ2n) is 4.45. The molecule has 4 heteroatoms. The first kappa shape index (κ1) is 14.9. The van der Waals surface area contributed by atoms with Crippen LogP contribution in [0.1, 0.15) is 30.6 Å². The van der Waals surface area contributed by atoms with E-state index in [0.717, 1.165) is 22.4 Å². The van der Waals surface area contributed by atoms with Gasteiger partial charge in [-0.15, -0.1) is 11.8 Å². The van der Waals surface area contributed by atoms with Gasteiger partial charge >= 0.3 is 0 Å². The molecule has 106 valence electrons. The molecule has 2 aromatic rings. The molecule has 2 rings (SSSR count). The Bertz CT molecular complexity index is 560. The SMILES string of the molecule is CCCOc1cncc(C(O)c2ccccc2SC)c1. The van der Waals surface area contributed by atoms with Crippen molar-refractivity contribution in [1.29, 1.82) is 0 Å². The van der Waals surface area contributed by atoms with Crippen LogP contribution in [0.15, 0.2) is 47.6 Å². The van der Waals surface area contributed by atoms with Crippen LogP contribution in [0.2, 0.25) is 0 Å². The molecule has 0 radical (unpaired) electrons. The minimum Gasteiger partial charge on any atom is -0.492 e. The fraction of sp³-hybridized carbons (Fsp3) is 0.312. The number of benzene rings is 1. The highest BCUT2D eigenvalue weighted by atomic mass is 32.2. The summed E-state index contributed by atoms with van der Waals surface area (Å²) in [4.78, 5) is 5.22. The van der Waals surface area contributed by atoms with Crippen molar-refractivity contribution in [2.24, 2.45) is 0 Å². The molecule has 0 amide bonds. The van der Waals surface area contributed by atoms with E-state index in [4.69, 9.17) is 4.74 Å². The summed E-state index contributed by atoms with van der Waals surface area (Å²) in [5.74, 6) is 0.699. The summed E-state index contributed by atoms with van der Waals surface area (Å²) < 4.78 is 5.56. The third-order valence-corrected chi connectivity index (χ3v) is 3.77. The summed E-state index contributed by atoms with van der Waals surface area (Å²) >= 11 is 1.62. The first-order valence-corrected chi connectivity index (χ1v) is 7.87. The molecular weight excluding hydrogens is 270 g/mol. The topological polar surface area (TPSA) is 42.4 Å². The zero-order chi connectivity index (χ0) is 14.4. The Morgan fingerprint density at radius 1 is 1.30 bits per heavy atom. The van der Waals surface area contributed by atoms with Crippen LogP contribution in [0.5, 0.6) is 5.75 Å². The van der Waals surface area contributed by atoms with Crippen LogP contribution in [-0.4, -0.2) is 23.0 Å². The Morgan fingerprint density at radius 3 is 2.85 bits per heavy atom. The van der Waals surface area contributed by atoms with Gasteiger partial charge in [-0.2, -0.15) is 0 Å². The molecule has 20 heavy (non-hydrogen) atoms. The van der Waals surface area contributed by atoms with Gasteiger partial charge in [0.05, 0.1) is 12.8 Å². The minimum absolute atomic E-state index is 0.655. The largest absolute Gasteiger partial charge is 0.492 e. The Hall–Kier alpha value is -1.52. The van der Waals surface area contributed by atoms with E-state index in [9.17, 15) is 5.11 Å². The maximum absolute atomic E-state index is 10.5. The molecule has 3 nitrogen and oxygen atoms in total. The van der Waals surface area contributed by atoms with Crippen molar-refractivity contribution in [3.05, 3.63) is 53.9 Å². The predicted octanol–water partition coefficient (Wildman–Crippen LogP) is 3.67. The van der Waals surface area contributed by atoms with E-state index in [1.54, 1.807) is 24.2 Å². The van der Waals surface area contributed by atoms with Crippen LogP contribution in [0.3, 0.4) is 0 Å². The maximum atomic E-state index is 10.5. The van der Waals surface area contributed by atoms with Crippen molar-refractivity contribution in [2.45, 2.75) is 24.3 Å². The van der Waals surface area contributed by atoms with Gasteiger partial charge < -0.3 is 9.84 Å². The number of nitrogens with zero attached hydrogens (tertiary/aromatic N) is 1. The molecule has 0 bridgehead atoms. The lowest BCUT2D eigenvalue weighted by Crippen LogP contribution is -2.03. The quantitative estimate of drug-likeness (QED) is 0.824. The minimum atomic E-state index is -0.684. The molecule has 0 fully saturated rings. The van der Waals surface area contributed by atoms with E-state index in [1.807, 2.05) is 36.6 Å². The normalized spacial score (nSPS) is 12.2. The lowest BCUT2D eigenvalue weighted by Gasteiger charge is -2.15. The smallest absolute Gasteiger partial charge is 0.137 e. The van der Waals surface area contributed by atoms with Gasteiger partial charge in [-0.1, -0.05) is 25.1 Å². The molecule has 1 N–H and O–H groups in total. The Kier molecular flexibility index (Phi) is 5.44. The first-order valence-electron chi connectivity index (χ1n) is 6.65. The highest BCUT2D eigenvalue weighted by Gasteiger charge is 2.15. The van der Waals surface area contributed by atoms with E-state index >= 15 is 0 Å². The molecule has 1 heterocycles. The fourth-order valence-electron chi connectivity index (χ4n) is 1.96. The first-order chi connectivity index (χ1) is 9.76. The zero-order valence-electron chi connectivity index (χ0n) is 11.7. The third-order valence-electron chi connectivity index (χ3n) is 2.96. The number of hydrogen-bond acceptors (Lipinski definition) is 4. The summed E-state index contributed by atoms with van der Waals surface area (Å²) in [6, 6.07) is 9.71. The standard InChI is InChI=1S/C16H19NO2S/c1-3-8-19-13-9-12(10-17-11-13)16(18)14-6-4-5-7-15(14)20-2/h4-7,9-11,16,18H,3,8H2,1-2H3. The number of rotatable bonds is 6. The number of ether oxygens (including phenoxy) is 1. The molecule has 0 saturated heterocycles. The number of aromatic nitrogens is 1. The van der Waals surface area contributed by atoms with Gasteiger partial charge in [0.2, 0.25) is 0 Å². The highest BCUT2D eigenvalue weighted by Crippen LogP contribution is 2.30. The molecule has 0 spiro atoms. The monoisotopic (exact) mass is 289 g/mol. The Balaban J connectivity index is 2.26. The zero-order valence-corrected chi connectivity index (χ0v) is 12.6. The number of hydrogen-bond donors (Lipinski definition) is 1. The molecule has 0 aliphatic carbocycles. The van der Waals surface area contributed by atoms with Crippen molar-refractivity contribution >= 4 is 11.8 Å². The Labute approximate surface area is 124 Å². The molecule has 0 saturated carbocycles. The average Bonchev–Trinajstić information content (AvgIpc) is 2.52. The predicted molar refractivity (Wildman–Crippen MR) is 82.3 cm³/mol. The second kappa shape index (κ2) is 7.31. The van der Waals surface area contributed by atoms with Gasteiger partial charge in [-0.3, -0.25) is 4.98 Å². The average molecular weight is 289 g/mol. The van der Waals surface area contributed by atoms with Crippen molar-refractivity contribution in [1.82, 2.24) is 4.98 Å². The van der Waals surface area contributed by atoms with Crippen molar-refractivity contribution < 1.29 is 9.84 Å². The number of aliphatic hydroxyl groups is 1. The van der Waals surface area contributed by atoms with Crippen LogP contribution in [-0.2, 0) is 0 Å². The maximum Gasteiger partial charge on any atom is 0.137 e. The lowest BCUT2D eigenvalue weighted by atomic mass is 10.0. The van der Waals surface area contributed by atoms with Gasteiger partial charge in [-0.05, 0) is 30.4 Å². The molecular formula is C16H19NO2S. The van der Waals surface area contributed by atoms with Crippen LogP contribution in [0, 0.1) is 0 Å². The van der Waals surface area contributed by atoms with Crippen molar-refractivity contribution in [2.75, 3.05) is 12.9 Å². The number of thioether (sulfide) groups is 1. The molecule has 0 aliphatic rings. The molecule has 1 unspecified atom stereocenters. The summed E-state index contributed by atoms with van der Waals surface area (Å²) in [5, 5.41) is 10.5. The number of aliphatic hydroxyl groups excluding tert-OH is 1. The highest BCUT2D eigenvalue weighted by molar-refractivity contribution is 7.98. The van der Waals surface area contributed by atoms with E-state index in [2.05, 4.69) is 11.9 Å². The van der Waals surface area contributed by atoms with E-state index in [0.29, 0.717) is 12.4 Å². The van der Waals surface area contributed by atoms with Crippen LogP contribution in [0.25, 0.3) is 0 Å². The van der Waals surface area contributed by atoms with Gasteiger partial charge in [-0.25, -0.2) is 0 Å². The van der Waals surface area contributed by atoms with Gasteiger partial charge in [0.1, 0.15) is 11.9 Å². The Morgan fingerprint density at radius 2 is 2.10 bits per heavy atom. The van der Waals surface area contributed by atoms with Crippen LogP contribution < -0.4 is 4.74 Å². The summed E-state index contributed by atoms with van der Waals surface area (Å²) in [6.07, 6.45) is 5.62. The molecule has 1 aromatic carbocycles. The summed E-state index contributed by atoms with van der Waals surface area (Å²) in [5.41, 5.74) is 1.65. The number of pyridine rings is 1. The van der Waals surface area contributed by atoms with Crippen molar-refractivity contribution in [3.63, 3.8) is 0 Å². The molecule has 0 aliphatic heterocycles.